The van der Waals surface area contributed by atoms with E-state index in [0.29, 0.717) is 25.2 Å². The zero-order valence-corrected chi connectivity index (χ0v) is 14.8. The zero-order valence-electron chi connectivity index (χ0n) is 13.3. The molecule has 0 fully saturated rings. The summed E-state index contributed by atoms with van der Waals surface area (Å²) in [6.07, 6.45) is 0.0491. The Bertz CT molecular complexity index is 586. The first-order valence-electron chi connectivity index (χ1n) is 7.09. The van der Waals surface area contributed by atoms with E-state index < -0.39 is 11.7 Å². The fraction of sp³-hybridized carbons (Fsp3) is 0.467. The van der Waals surface area contributed by atoms with Gasteiger partial charge in [0, 0.05) is 18.8 Å². The Morgan fingerprint density at radius 3 is 2.39 bits per heavy atom. The van der Waals surface area contributed by atoms with Crippen LogP contribution in [0.25, 0.3) is 0 Å². The normalized spacial score (nSPS) is 11.0. The highest BCUT2D eigenvalue weighted by Crippen LogP contribution is 2.28. The molecule has 0 heterocycles. The van der Waals surface area contributed by atoms with E-state index in [4.69, 9.17) is 33.7 Å². The fourth-order valence-electron chi connectivity index (χ4n) is 1.67. The molecule has 0 aliphatic heterocycles. The van der Waals surface area contributed by atoms with Crippen molar-refractivity contribution >= 4 is 40.9 Å². The largest absolute Gasteiger partial charge is 0.444 e. The number of carbonyl (C=O) groups is 2. The van der Waals surface area contributed by atoms with Crippen LogP contribution in [-0.4, -0.2) is 30.7 Å². The molecule has 0 aliphatic carbocycles. The number of ether oxygens (including phenoxy) is 1. The third kappa shape index (κ3) is 6.97. The average molecular weight is 362 g/mol. The van der Waals surface area contributed by atoms with Crippen molar-refractivity contribution in [3.8, 4) is 0 Å². The van der Waals surface area contributed by atoms with Gasteiger partial charge in [-0.05, 0) is 39.3 Å². The van der Waals surface area contributed by atoms with Gasteiger partial charge < -0.3 is 21.1 Å². The molecule has 4 N–H and O–H groups in total. The highest BCUT2D eigenvalue weighted by atomic mass is 35.5. The van der Waals surface area contributed by atoms with E-state index in [9.17, 15) is 9.59 Å². The number of anilines is 1. The van der Waals surface area contributed by atoms with Gasteiger partial charge >= 0.3 is 6.09 Å². The van der Waals surface area contributed by atoms with Gasteiger partial charge in [0.1, 0.15) is 5.60 Å². The lowest BCUT2D eigenvalue weighted by Gasteiger charge is -2.19. The third-order valence-corrected chi connectivity index (χ3v) is 3.40. The van der Waals surface area contributed by atoms with Gasteiger partial charge in [-0.3, -0.25) is 4.79 Å². The standard InChI is InChI=1S/C15H21Cl2N3O3/c1-15(2,3)23-14(22)20-6-4-5-19-13(21)10-7-9(18)8-11(16)12(10)17/h7-8H,4-6,18H2,1-3H3,(H,19,21)(H,20,22). The summed E-state index contributed by atoms with van der Waals surface area (Å²) < 4.78 is 5.09. The average Bonchev–Trinajstić information content (AvgIpc) is 2.40. The van der Waals surface area contributed by atoms with Gasteiger partial charge in [0.25, 0.3) is 5.91 Å². The first-order chi connectivity index (χ1) is 10.6. The Labute approximate surface area is 145 Å². The summed E-state index contributed by atoms with van der Waals surface area (Å²) in [5.41, 5.74) is 5.68. The molecule has 0 radical (unpaired) electrons. The minimum Gasteiger partial charge on any atom is -0.444 e. The molecule has 0 atom stereocenters. The van der Waals surface area contributed by atoms with Crippen LogP contribution in [0.15, 0.2) is 12.1 Å². The minimum absolute atomic E-state index is 0.158. The summed E-state index contributed by atoms with van der Waals surface area (Å²) >= 11 is 11.9. The van der Waals surface area contributed by atoms with Crippen LogP contribution in [0.2, 0.25) is 10.0 Å². The summed E-state index contributed by atoms with van der Waals surface area (Å²) in [6.45, 7) is 6.09. The van der Waals surface area contributed by atoms with E-state index in [-0.39, 0.29) is 21.5 Å². The number of nitrogens with one attached hydrogen (secondary N) is 2. The van der Waals surface area contributed by atoms with Crippen LogP contribution >= 0.6 is 23.2 Å². The zero-order chi connectivity index (χ0) is 17.6. The molecule has 0 unspecified atom stereocenters. The van der Waals surface area contributed by atoms with Crippen molar-refractivity contribution in [3.63, 3.8) is 0 Å². The number of alkyl carbamates (subject to hydrolysis) is 1. The smallest absolute Gasteiger partial charge is 0.407 e. The molecule has 1 aromatic rings. The Kier molecular flexibility index (Phi) is 6.97. The monoisotopic (exact) mass is 361 g/mol. The van der Waals surface area contributed by atoms with Crippen molar-refractivity contribution in [2.75, 3.05) is 18.8 Å². The summed E-state index contributed by atoms with van der Waals surface area (Å²) in [6, 6.07) is 2.94. The number of nitrogens with two attached hydrogens (primary N) is 1. The van der Waals surface area contributed by atoms with Crippen molar-refractivity contribution in [1.29, 1.82) is 0 Å². The predicted octanol–water partition coefficient (Wildman–Crippen LogP) is 3.22. The number of carbonyl (C=O) groups excluding carboxylic acids is 2. The van der Waals surface area contributed by atoms with Gasteiger partial charge in [-0.25, -0.2) is 4.79 Å². The number of hydrogen-bond acceptors (Lipinski definition) is 4. The van der Waals surface area contributed by atoms with Gasteiger partial charge in [-0.15, -0.1) is 0 Å². The van der Waals surface area contributed by atoms with Gasteiger partial charge in [-0.1, -0.05) is 23.2 Å². The second-order valence-electron chi connectivity index (χ2n) is 5.90. The first kappa shape index (κ1) is 19.4. The van der Waals surface area contributed by atoms with Crippen LogP contribution in [0, 0.1) is 0 Å². The molecule has 1 rings (SSSR count). The second kappa shape index (κ2) is 8.26. The van der Waals surface area contributed by atoms with Crippen LogP contribution < -0.4 is 16.4 Å². The molecule has 6 nitrogen and oxygen atoms in total. The summed E-state index contributed by atoms with van der Waals surface area (Å²) in [5, 5.41) is 5.67. The molecule has 2 amide bonds. The molecular formula is C15H21Cl2N3O3. The van der Waals surface area contributed by atoms with E-state index in [1.54, 1.807) is 20.8 Å². The molecule has 0 saturated carbocycles. The lowest BCUT2D eigenvalue weighted by atomic mass is 10.2. The maximum absolute atomic E-state index is 12.0. The van der Waals surface area contributed by atoms with Gasteiger partial charge in [0.05, 0.1) is 15.6 Å². The molecule has 0 spiro atoms. The maximum Gasteiger partial charge on any atom is 0.407 e. The van der Waals surface area contributed by atoms with Crippen LogP contribution in [0.3, 0.4) is 0 Å². The molecule has 1 aromatic carbocycles. The molecular weight excluding hydrogens is 341 g/mol. The quantitative estimate of drug-likeness (QED) is 0.554. The van der Waals surface area contributed by atoms with Gasteiger partial charge in [0.15, 0.2) is 0 Å². The van der Waals surface area contributed by atoms with Crippen LogP contribution in [0.1, 0.15) is 37.6 Å². The van der Waals surface area contributed by atoms with Crippen LogP contribution in [-0.2, 0) is 4.74 Å². The molecule has 128 valence electrons. The van der Waals surface area contributed by atoms with E-state index in [1.165, 1.54) is 12.1 Å². The highest BCUT2D eigenvalue weighted by Gasteiger charge is 2.16. The topological polar surface area (TPSA) is 93.5 Å². The first-order valence-corrected chi connectivity index (χ1v) is 7.85. The van der Waals surface area contributed by atoms with E-state index in [1.807, 2.05) is 0 Å². The van der Waals surface area contributed by atoms with Crippen molar-refractivity contribution in [2.24, 2.45) is 0 Å². The minimum atomic E-state index is -0.540. The lowest BCUT2D eigenvalue weighted by Crippen LogP contribution is -2.34. The van der Waals surface area contributed by atoms with E-state index >= 15 is 0 Å². The molecule has 0 saturated heterocycles. The summed E-state index contributed by atoms with van der Waals surface area (Å²) in [5.74, 6) is -0.374. The number of nitrogen functional groups attached to an aromatic ring is 1. The van der Waals surface area contributed by atoms with Crippen LogP contribution in [0.4, 0.5) is 10.5 Å². The third-order valence-electron chi connectivity index (χ3n) is 2.60. The molecule has 0 aliphatic rings. The summed E-state index contributed by atoms with van der Waals surface area (Å²) in [7, 11) is 0. The Morgan fingerprint density at radius 1 is 1.17 bits per heavy atom. The van der Waals surface area contributed by atoms with Gasteiger partial charge in [-0.2, -0.15) is 0 Å². The molecule has 23 heavy (non-hydrogen) atoms. The van der Waals surface area contributed by atoms with Crippen LogP contribution in [0.5, 0.6) is 0 Å². The van der Waals surface area contributed by atoms with Crippen molar-refractivity contribution in [2.45, 2.75) is 32.8 Å². The SMILES string of the molecule is CC(C)(C)OC(=O)NCCCNC(=O)c1cc(N)cc(Cl)c1Cl. The highest BCUT2D eigenvalue weighted by molar-refractivity contribution is 6.44. The fourth-order valence-corrected chi connectivity index (χ4v) is 2.09. The van der Waals surface area contributed by atoms with Crippen molar-refractivity contribution in [3.05, 3.63) is 27.7 Å². The lowest BCUT2D eigenvalue weighted by molar-refractivity contribution is 0.0527. The van der Waals surface area contributed by atoms with E-state index in [2.05, 4.69) is 10.6 Å². The predicted molar refractivity (Wildman–Crippen MR) is 92.1 cm³/mol. The molecule has 0 bridgehead atoms. The Balaban J connectivity index is 2.37. The number of rotatable bonds is 5. The summed E-state index contributed by atoms with van der Waals surface area (Å²) in [4.78, 5) is 23.5. The molecule has 8 heteroatoms. The van der Waals surface area contributed by atoms with E-state index in [0.717, 1.165) is 0 Å². The second-order valence-corrected chi connectivity index (χ2v) is 6.69. The molecule has 0 aromatic heterocycles. The Hall–Kier alpha value is -1.66. The number of hydrogen-bond donors (Lipinski definition) is 3. The van der Waals surface area contributed by atoms with Crippen molar-refractivity contribution in [1.82, 2.24) is 10.6 Å². The Morgan fingerprint density at radius 2 is 1.78 bits per heavy atom. The number of halogens is 2. The van der Waals surface area contributed by atoms with Gasteiger partial charge in [0.2, 0.25) is 0 Å². The number of amides is 2. The number of benzene rings is 1. The maximum atomic E-state index is 12.0. The van der Waals surface area contributed by atoms with Crippen molar-refractivity contribution < 1.29 is 14.3 Å².